The van der Waals surface area contributed by atoms with E-state index in [1.54, 1.807) is 0 Å². The summed E-state index contributed by atoms with van der Waals surface area (Å²) in [5.41, 5.74) is 0. The van der Waals surface area contributed by atoms with Crippen molar-refractivity contribution in [3.63, 3.8) is 0 Å². The lowest BCUT2D eigenvalue weighted by molar-refractivity contribution is -0.332. The fourth-order valence-electron chi connectivity index (χ4n) is 9.80. The molecule has 0 radical (unpaired) electrons. The third-order valence-electron chi connectivity index (χ3n) is 14.9. The molecule has 0 aromatic carbocycles. The number of hydrogen-bond donors (Lipinski definition) is 7. The Hall–Kier alpha value is -2.83. The van der Waals surface area contributed by atoms with E-state index in [2.05, 4.69) is 98.9 Å². The molecule has 0 bridgehead atoms. The number of carbonyl (C=O) groups is 1. The van der Waals surface area contributed by atoms with E-state index in [9.17, 15) is 40.5 Å². The molecule has 0 aromatic heterocycles. The molecule has 2 aliphatic rings. The number of allylic oxidation sites excluding steroid dienone is 14. The third-order valence-corrected chi connectivity index (χ3v) is 14.9. The van der Waals surface area contributed by atoms with Crippen molar-refractivity contribution in [2.75, 3.05) is 33.0 Å². The van der Waals surface area contributed by atoms with E-state index >= 15 is 0 Å². The zero-order chi connectivity index (χ0) is 58.6. The van der Waals surface area contributed by atoms with Gasteiger partial charge in [0, 0.05) is 13.0 Å². The van der Waals surface area contributed by atoms with Crippen LogP contribution in [0.1, 0.15) is 232 Å². The van der Waals surface area contributed by atoms with Crippen molar-refractivity contribution in [1.29, 1.82) is 0 Å². The predicted molar refractivity (Wildman–Crippen MR) is 325 cm³/mol. The van der Waals surface area contributed by atoms with Gasteiger partial charge in [0.1, 0.15) is 54.9 Å². The number of esters is 1. The maximum Gasteiger partial charge on any atom is 0.306 e. The van der Waals surface area contributed by atoms with Crippen LogP contribution in [0, 0.1) is 0 Å². The molecule has 0 aliphatic carbocycles. The molecule has 81 heavy (non-hydrogen) atoms. The molecule has 11 atom stereocenters. The van der Waals surface area contributed by atoms with Crippen LogP contribution in [-0.2, 0) is 33.2 Å². The van der Waals surface area contributed by atoms with Gasteiger partial charge in [-0.15, -0.1) is 0 Å². The lowest BCUT2D eigenvalue weighted by Crippen LogP contribution is -2.61. The van der Waals surface area contributed by atoms with Crippen molar-refractivity contribution in [2.45, 2.75) is 300 Å². The fraction of sp³-hybridized carbons (Fsp3) is 0.776. The number of unbranched alkanes of at least 4 members (excludes halogenated alkanes) is 24. The summed E-state index contributed by atoms with van der Waals surface area (Å²) in [5, 5.41) is 72.5. The number of aliphatic hydroxyl groups excluding tert-OH is 7. The van der Waals surface area contributed by atoms with E-state index in [4.69, 9.17) is 28.4 Å². The molecule has 7 N–H and O–H groups in total. The van der Waals surface area contributed by atoms with E-state index in [1.807, 2.05) is 0 Å². The van der Waals surface area contributed by atoms with E-state index < -0.39 is 86.7 Å². The number of carbonyl (C=O) groups excluding carboxylic acids is 1. The average Bonchev–Trinajstić information content (AvgIpc) is 3.46. The number of rotatable bonds is 52. The molecule has 0 amide bonds. The van der Waals surface area contributed by atoms with Crippen molar-refractivity contribution in [2.24, 2.45) is 0 Å². The van der Waals surface area contributed by atoms with Gasteiger partial charge in [-0.3, -0.25) is 4.79 Å². The van der Waals surface area contributed by atoms with Crippen LogP contribution in [-0.4, -0.2) is 142 Å². The van der Waals surface area contributed by atoms with E-state index in [1.165, 1.54) is 122 Å². The Morgan fingerprint density at radius 1 is 0.420 bits per heavy atom. The Balaban J connectivity index is 1.70. The van der Waals surface area contributed by atoms with Gasteiger partial charge >= 0.3 is 5.97 Å². The van der Waals surface area contributed by atoms with Crippen molar-refractivity contribution in [1.82, 2.24) is 0 Å². The van der Waals surface area contributed by atoms with Gasteiger partial charge in [-0.2, -0.15) is 0 Å². The van der Waals surface area contributed by atoms with Crippen LogP contribution in [0.4, 0.5) is 0 Å². The van der Waals surface area contributed by atoms with Crippen LogP contribution in [0.15, 0.2) is 85.1 Å². The summed E-state index contributed by atoms with van der Waals surface area (Å²) in [6, 6.07) is 0. The summed E-state index contributed by atoms with van der Waals surface area (Å²) in [6.45, 7) is 3.56. The maximum atomic E-state index is 13.1. The first-order chi connectivity index (χ1) is 39.6. The van der Waals surface area contributed by atoms with Gasteiger partial charge in [0.15, 0.2) is 12.6 Å². The van der Waals surface area contributed by atoms with Crippen molar-refractivity contribution < 1.29 is 69.0 Å². The maximum absolute atomic E-state index is 13.1. The van der Waals surface area contributed by atoms with E-state index in [0.717, 1.165) is 83.5 Å². The predicted octanol–water partition coefficient (Wildman–Crippen LogP) is 12.8. The first kappa shape index (κ1) is 74.3. The summed E-state index contributed by atoms with van der Waals surface area (Å²) in [7, 11) is 0. The molecule has 468 valence electrons. The van der Waals surface area contributed by atoms with Gasteiger partial charge in [0.25, 0.3) is 0 Å². The lowest BCUT2D eigenvalue weighted by atomic mass is 9.98. The van der Waals surface area contributed by atoms with Gasteiger partial charge < -0.3 is 64.2 Å². The first-order valence-corrected chi connectivity index (χ1v) is 32.2. The Bertz CT molecular complexity index is 1660. The van der Waals surface area contributed by atoms with Crippen molar-refractivity contribution in [3.8, 4) is 0 Å². The zero-order valence-corrected chi connectivity index (χ0v) is 50.5. The second-order valence-electron chi connectivity index (χ2n) is 22.2. The standard InChI is InChI=1S/C67H116O14/c1-3-5-7-9-11-13-15-17-19-21-23-25-27-28-29-30-32-34-36-38-40-42-44-46-48-50-59(69)79-56(53-76-51-49-47-45-43-41-39-37-35-33-31-26-24-22-20-18-16-14-12-10-8-6-4-2)54-77-66-65(75)63(73)61(71)58(81-66)55-78-67-64(74)62(72)60(70)57(52-68)80-67/h5,7,11,13,17,19,23,25,28-29,32,34,38,40,56-58,60-68,70-75H,3-4,6,8-10,12,14-16,18,20-22,24,26-27,30-31,33,35-37,39,41-55H2,1-2H3/b7-5-,13-11-,19-17-,25-23-,29-28-,34-32-,40-38-. The summed E-state index contributed by atoms with van der Waals surface area (Å²) in [4.78, 5) is 13.1. The highest BCUT2D eigenvalue weighted by Gasteiger charge is 2.47. The smallest absolute Gasteiger partial charge is 0.306 e. The van der Waals surface area contributed by atoms with Gasteiger partial charge in [-0.25, -0.2) is 0 Å². The van der Waals surface area contributed by atoms with Crippen LogP contribution in [0.2, 0.25) is 0 Å². The highest BCUT2D eigenvalue weighted by molar-refractivity contribution is 5.69. The first-order valence-electron chi connectivity index (χ1n) is 32.2. The minimum atomic E-state index is -1.72. The van der Waals surface area contributed by atoms with Crippen LogP contribution in [0.25, 0.3) is 0 Å². The highest BCUT2D eigenvalue weighted by atomic mass is 16.7. The SMILES string of the molecule is CC/C=C\C/C=C\C/C=C\C/C=C\C/C=C\C/C=C\C/C=C\CCCCCC(=O)OC(COCCCCCCCCCCCCCCCCCCCCCCCC)COC1OC(COC2OC(CO)C(O)C(O)C2O)C(O)C(O)C1O. The Labute approximate surface area is 490 Å². The summed E-state index contributed by atoms with van der Waals surface area (Å²) in [5.74, 6) is -0.406. The Morgan fingerprint density at radius 2 is 0.802 bits per heavy atom. The number of hydrogen-bond acceptors (Lipinski definition) is 14. The normalized spacial score (nSPS) is 24.3. The van der Waals surface area contributed by atoms with Gasteiger partial charge in [-0.1, -0.05) is 240 Å². The molecule has 0 saturated carbocycles. The lowest BCUT2D eigenvalue weighted by Gasteiger charge is -2.42. The summed E-state index contributed by atoms with van der Waals surface area (Å²) in [6.07, 6.45) is 53.6. The van der Waals surface area contributed by atoms with Gasteiger partial charge in [0.2, 0.25) is 0 Å². The zero-order valence-electron chi connectivity index (χ0n) is 50.5. The molecule has 2 aliphatic heterocycles. The van der Waals surface area contributed by atoms with Gasteiger partial charge in [-0.05, 0) is 70.6 Å². The summed E-state index contributed by atoms with van der Waals surface area (Å²) < 4.78 is 34.4. The molecule has 2 rings (SSSR count). The van der Waals surface area contributed by atoms with Gasteiger partial charge in [0.05, 0.1) is 26.4 Å². The average molecular weight is 1150 g/mol. The molecule has 2 heterocycles. The quantitative estimate of drug-likeness (QED) is 0.0172. The largest absolute Gasteiger partial charge is 0.457 e. The van der Waals surface area contributed by atoms with E-state index in [0.29, 0.717) is 13.0 Å². The Morgan fingerprint density at radius 3 is 1.25 bits per heavy atom. The molecule has 2 saturated heterocycles. The topological polar surface area (TPSA) is 214 Å². The fourth-order valence-corrected chi connectivity index (χ4v) is 9.80. The second kappa shape index (κ2) is 52.7. The second-order valence-corrected chi connectivity index (χ2v) is 22.2. The highest BCUT2D eigenvalue weighted by Crippen LogP contribution is 2.27. The van der Waals surface area contributed by atoms with Crippen LogP contribution < -0.4 is 0 Å². The molecule has 0 spiro atoms. The van der Waals surface area contributed by atoms with Crippen molar-refractivity contribution in [3.05, 3.63) is 85.1 Å². The molecule has 11 unspecified atom stereocenters. The molecule has 14 heteroatoms. The molecular formula is C67H116O14. The number of ether oxygens (including phenoxy) is 6. The molecule has 2 fully saturated rings. The molecule has 14 nitrogen and oxygen atoms in total. The molecular weight excluding hydrogens is 1030 g/mol. The molecule has 0 aromatic rings. The van der Waals surface area contributed by atoms with Crippen LogP contribution >= 0.6 is 0 Å². The van der Waals surface area contributed by atoms with Crippen molar-refractivity contribution >= 4 is 5.97 Å². The third kappa shape index (κ3) is 38.7. The minimum absolute atomic E-state index is 0.0458. The summed E-state index contributed by atoms with van der Waals surface area (Å²) >= 11 is 0. The van der Waals surface area contributed by atoms with Crippen LogP contribution in [0.3, 0.4) is 0 Å². The van der Waals surface area contributed by atoms with Crippen LogP contribution in [0.5, 0.6) is 0 Å². The van der Waals surface area contributed by atoms with E-state index in [-0.39, 0.29) is 19.6 Å². The number of aliphatic hydroxyl groups is 7. The monoisotopic (exact) mass is 1140 g/mol. The Kier molecular flexibility index (Phi) is 48.3. The minimum Gasteiger partial charge on any atom is -0.457 e.